The Labute approximate surface area is 107 Å². The van der Waals surface area contributed by atoms with Gasteiger partial charge in [-0.3, -0.25) is 0 Å². The van der Waals surface area contributed by atoms with E-state index < -0.39 is 10.0 Å². The Hall–Kier alpha value is -1.12. The number of anilines is 1. The molecular weight excluding hydrogens is 256 g/mol. The van der Waals surface area contributed by atoms with Crippen molar-refractivity contribution >= 4 is 15.8 Å². The van der Waals surface area contributed by atoms with Gasteiger partial charge in [-0.05, 0) is 20.3 Å². The summed E-state index contributed by atoms with van der Waals surface area (Å²) in [5.41, 5.74) is 5.78. The monoisotopic (exact) mass is 276 g/mol. The van der Waals surface area contributed by atoms with E-state index in [9.17, 15) is 8.42 Å². The van der Waals surface area contributed by atoms with E-state index in [0.29, 0.717) is 19.6 Å². The highest BCUT2D eigenvalue weighted by Gasteiger charge is 2.21. The van der Waals surface area contributed by atoms with Crippen molar-refractivity contribution in [1.29, 1.82) is 0 Å². The van der Waals surface area contributed by atoms with Crippen molar-refractivity contribution in [3.63, 3.8) is 0 Å². The van der Waals surface area contributed by atoms with E-state index in [0.717, 1.165) is 0 Å². The zero-order valence-electron chi connectivity index (χ0n) is 10.9. The van der Waals surface area contributed by atoms with Gasteiger partial charge in [-0.2, -0.15) is 5.10 Å². The summed E-state index contributed by atoms with van der Waals surface area (Å²) in [6.07, 6.45) is 1.88. The fourth-order valence-electron chi connectivity index (χ4n) is 1.48. The van der Waals surface area contributed by atoms with E-state index in [-0.39, 0.29) is 16.8 Å². The van der Waals surface area contributed by atoms with Crippen LogP contribution in [-0.4, -0.2) is 38.5 Å². The van der Waals surface area contributed by atoms with Crippen molar-refractivity contribution in [2.75, 3.05) is 26.0 Å². The van der Waals surface area contributed by atoms with Crippen molar-refractivity contribution in [2.45, 2.75) is 31.2 Å². The van der Waals surface area contributed by atoms with Gasteiger partial charge in [-0.25, -0.2) is 17.8 Å². The Kier molecular flexibility index (Phi) is 5.12. The van der Waals surface area contributed by atoms with Crippen LogP contribution in [0.15, 0.2) is 11.1 Å². The lowest BCUT2D eigenvalue weighted by Crippen LogP contribution is -2.26. The first-order valence-electron chi connectivity index (χ1n) is 5.71. The number of ether oxygens (including phenoxy) is 1. The second kappa shape index (κ2) is 6.17. The molecule has 0 amide bonds. The van der Waals surface area contributed by atoms with Gasteiger partial charge in [0.2, 0.25) is 10.0 Å². The van der Waals surface area contributed by atoms with Crippen molar-refractivity contribution in [3.05, 3.63) is 6.20 Å². The Bertz CT molecular complexity index is 481. The second-order valence-corrected chi connectivity index (χ2v) is 5.91. The first kappa shape index (κ1) is 14.9. The molecule has 0 spiro atoms. The highest BCUT2D eigenvalue weighted by atomic mass is 32.2. The third-order valence-corrected chi connectivity index (χ3v) is 3.87. The number of methoxy groups -OCH3 is 1. The molecule has 1 heterocycles. The smallest absolute Gasteiger partial charge is 0.245 e. The van der Waals surface area contributed by atoms with Gasteiger partial charge in [-0.15, -0.1) is 0 Å². The summed E-state index contributed by atoms with van der Waals surface area (Å²) >= 11 is 0. The SMILES string of the molecule is COCCCNS(=O)(=O)c1cnn(C(C)C)c1N. The summed E-state index contributed by atoms with van der Waals surface area (Å²) in [6, 6.07) is 0.0161. The van der Waals surface area contributed by atoms with Gasteiger partial charge >= 0.3 is 0 Å². The molecule has 0 aliphatic heterocycles. The number of sulfonamides is 1. The van der Waals surface area contributed by atoms with E-state index in [4.69, 9.17) is 10.5 Å². The van der Waals surface area contributed by atoms with Crippen LogP contribution in [0.2, 0.25) is 0 Å². The van der Waals surface area contributed by atoms with Crippen LogP contribution in [0.3, 0.4) is 0 Å². The van der Waals surface area contributed by atoms with Crippen LogP contribution in [0.5, 0.6) is 0 Å². The lowest BCUT2D eigenvalue weighted by molar-refractivity contribution is 0.196. The molecular formula is C10H20N4O3S. The zero-order chi connectivity index (χ0) is 13.8. The average molecular weight is 276 g/mol. The largest absolute Gasteiger partial charge is 0.385 e. The topological polar surface area (TPSA) is 99.2 Å². The molecule has 0 saturated heterocycles. The van der Waals surface area contributed by atoms with Crippen LogP contribution in [0, 0.1) is 0 Å². The van der Waals surface area contributed by atoms with Crippen LogP contribution < -0.4 is 10.5 Å². The van der Waals surface area contributed by atoms with Crippen LogP contribution in [0.4, 0.5) is 5.82 Å². The van der Waals surface area contributed by atoms with E-state index in [2.05, 4.69) is 9.82 Å². The minimum absolute atomic E-state index is 0.0161. The van der Waals surface area contributed by atoms with Gasteiger partial charge < -0.3 is 10.5 Å². The molecule has 1 rings (SSSR count). The van der Waals surface area contributed by atoms with Crippen molar-refractivity contribution < 1.29 is 13.2 Å². The molecule has 8 heteroatoms. The molecule has 0 aliphatic carbocycles. The van der Waals surface area contributed by atoms with Gasteiger partial charge in [0.25, 0.3) is 0 Å². The van der Waals surface area contributed by atoms with Crippen LogP contribution in [0.1, 0.15) is 26.3 Å². The van der Waals surface area contributed by atoms with Crippen molar-refractivity contribution in [1.82, 2.24) is 14.5 Å². The number of aromatic nitrogens is 2. The summed E-state index contributed by atoms with van der Waals surface area (Å²) in [5.74, 6) is 0.157. The van der Waals surface area contributed by atoms with Crippen LogP contribution in [-0.2, 0) is 14.8 Å². The molecule has 0 unspecified atom stereocenters. The molecule has 0 saturated carbocycles. The number of nitrogens with two attached hydrogens (primary N) is 1. The summed E-state index contributed by atoms with van der Waals surface area (Å²) in [5, 5.41) is 3.97. The average Bonchev–Trinajstić information content (AvgIpc) is 2.67. The van der Waals surface area contributed by atoms with E-state index in [1.54, 1.807) is 7.11 Å². The predicted octanol–water partition coefficient (Wildman–Crippen LogP) is 0.361. The molecule has 1 aromatic heterocycles. The number of nitrogen functional groups attached to an aromatic ring is 1. The van der Waals surface area contributed by atoms with E-state index in [1.807, 2.05) is 13.8 Å². The molecule has 3 N–H and O–H groups in total. The van der Waals surface area contributed by atoms with Crippen LogP contribution >= 0.6 is 0 Å². The molecule has 0 aliphatic rings. The molecule has 7 nitrogen and oxygen atoms in total. The predicted molar refractivity (Wildman–Crippen MR) is 68.7 cm³/mol. The number of hydrogen-bond acceptors (Lipinski definition) is 5. The van der Waals surface area contributed by atoms with Gasteiger partial charge in [0, 0.05) is 26.3 Å². The van der Waals surface area contributed by atoms with Gasteiger partial charge in [-0.1, -0.05) is 0 Å². The maximum atomic E-state index is 12.0. The van der Waals surface area contributed by atoms with E-state index in [1.165, 1.54) is 10.9 Å². The summed E-state index contributed by atoms with van der Waals surface area (Å²) in [4.78, 5) is 0.0219. The Morgan fingerprint density at radius 2 is 2.22 bits per heavy atom. The number of nitrogens with zero attached hydrogens (tertiary/aromatic N) is 2. The molecule has 104 valence electrons. The van der Waals surface area contributed by atoms with E-state index >= 15 is 0 Å². The quantitative estimate of drug-likeness (QED) is 0.701. The zero-order valence-corrected chi connectivity index (χ0v) is 11.7. The molecule has 0 fully saturated rings. The molecule has 0 aromatic carbocycles. The lowest BCUT2D eigenvalue weighted by Gasteiger charge is -2.09. The fourth-order valence-corrected chi connectivity index (χ4v) is 2.60. The first-order chi connectivity index (χ1) is 8.40. The maximum absolute atomic E-state index is 12.0. The van der Waals surface area contributed by atoms with Gasteiger partial charge in [0.15, 0.2) is 0 Å². The number of nitrogens with one attached hydrogen (secondary N) is 1. The summed E-state index contributed by atoms with van der Waals surface area (Å²) in [6.45, 7) is 4.57. The fraction of sp³-hybridized carbons (Fsp3) is 0.700. The molecule has 0 bridgehead atoms. The normalized spacial score (nSPS) is 12.2. The highest BCUT2D eigenvalue weighted by molar-refractivity contribution is 7.89. The van der Waals surface area contributed by atoms with Gasteiger partial charge in [0.1, 0.15) is 10.7 Å². The Balaban J connectivity index is 2.79. The minimum Gasteiger partial charge on any atom is -0.385 e. The van der Waals surface area contributed by atoms with Crippen molar-refractivity contribution in [2.24, 2.45) is 0 Å². The second-order valence-electron chi connectivity index (χ2n) is 4.18. The minimum atomic E-state index is -3.60. The maximum Gasteiger partial charge on any atom is 0.245 e. The standard InChI is InChI=1S/C10H20N4O3S/c1-8(2)14-10(11)9(7-12-14)18(15,16)13-5-4-6-17-3/h7-8,13H,4-6,11H2,1-3H3. The number of hydrogen-bond donors (Lipinski definition) is 2. The van der Waals surface area contributed by atoms with Crippen molar-refractivity contribution in [3.8, 4) is 0 Å². The molecule has 1 aromatic rings. The lowest BCUT2D eigenvalue weighted by atomic mass is 10.4. The Morgan fingerprint density at radius 1 is 1.56 bits per heavy atom. The third-order valence-electron chi connectivity index (χ3n) is 2.39. The first-order valence-corrected chi connectivity index (χ1v) is 7.20. The summed E-state index contributed by atoms with van der Waals surface area (Å²) in [7, 11) is -2.03. The van der Waals surface area contributed by atoms with Gasteiger partial charge in [0.05, 0.1) is 6.20 Å². The summed E-state index contributed by atoms with van der Waals surface area (Å²) < 4.78 is 32.7. The molecule has 0 radical (unpaired) electrons. The number of rotatable bonds is 7. The highest BCUT2D eigenvalue weighted by Crippen LogP contribution is 2.20. The Morgan fingerprint density at radius 3 is 2.72 bits per heavy atom. The van der Waals surface area contributed by atoms with Crippen LogP contribution in [0.25, 0.3) is 0 Å². The molecule has 0 atom stereocenters. The molecule has 18 heavy (non-hydrogen) atoms. The third kappa shape index (κ3) is 3.44.